The summed E-state index contributed by atoms with van der Waals surface area (Å²) in [4.78, 5) is 15.9. The Labute approximate surface area is 133 Å². The highest BCUT2D eigenvalue weighted by Gasteiger charge is 2.26. The van der Waals surface area contributed by atoms with Crippen LogP contribution in [0.25, 0.3) is 0 Å². The third kappa shape index (κ3) is 4.32. The Morgan fingerprint density at radius 3 is 2.39 bits per heavy atom. The van der Waals surface area contributed by atoms with E-state index in [2.05, 4.69) is 10.3 Å². The number of rotatable bonds is 6. The molecule has 6 heteroatoms. The lowest BCUT2D eigenvalue weighted by Gasteiger charge is -2.24. The number of hydrogen-bond donors (Lipinski definition) is 2. The van der Waals surface area contributed by atoms with Crippen molar-refractivity contribution < 1.29 is 18.7 Å². The number of aliphatic hydroxyl groups is 1. The van der Waals surface area contributed by atoms with Gasteiger partial charge in [-0.3, -0.25) is 9.78 Å². The molecule has 2 rings (SSSR count). The maximum atomic E-state index is 13.8. The second-order valence-electron chi connectivity index (χ2n) is 5.19. The quantitative estimate of drug-likeness (QED) is 0.860. The zero-order valence-electron chi connectivity index (χ0n) is 12.7. The number of halogens is 2. The van der Waals surface area contributed by atoms with Gasteiger partial charge in [0.25, 0.3) is 0 Å². The largest absolute Gasteiger partial charge is 0.386 e. The Hall–Kier alpha value is -2.34. The molecule has 2 N–H and O–H groups in total. The summed E-state index contributed by atoms with van der Waals surface area (Å²) in [6.45, 7) is 1.72. The summed E-state index contributed by atoms with van der Waals surface area (Å²) in [5.41, 5.74) is 0.336. The monoisotopic (exact) mass is 320 g/mol. The molecule has 4 nitrogen and oxygen atoms in total. The van der Waals surface area contributed by atoms with Crippen molar-refractivity contribution in [2.75, 3.05) is 0 Å². The third-order valence-corrected chi connectivity index (χ3v) is 3.58. The van der Waals surface area contributed by atoms with E-state index in [1.807, 2.05) is 0 Å². The van der Waals surface area contributed by atoms with Crippen molar-refractivity contribution in [1.29, 1.82) is 0 Å². The number of pyridine rings is 1. The van der Waals surface area contributed by atoms with Gasteiger partial charge in [0.1, 0.15) is 17.7 Å². The van der Waals surface area contributed by atoms with E-state index in [0.717, 1.165) is 17.7 Å². The summed E-state index contributed by atoms with van der Waals surface area (Å²) in [6.07, 6.45) is 2.12. The van der Waals surface area contributed by atoms with Crippen molar-refractivity contribution in [3.05, 3.63) is 65.5 Å². The first-order valence-corrected chi connectivity index (χ1v) is 7.33. The Balaban J connectivity index is 2.08. The number of carbonyl (C=O) groups excluding carboxylic acids is 1. The van der Waals surface area contributed by atoms with Gasteiger partial charge in [0.15, 0.2) is 0 Å². The molecule has 1 amide bonds. The number of nitrogens with zero attached hydrogens (tertiary/aromatic N) is 1. The summed E-state index contributed by atoms with van der Waals surface area (Å²) in [7, 11) is 0. The van der Waals surface area contributed by atoms with Crippen LogP contribution in [0, 0.1) is 11.6 Å². The Bertz CT molecular complexity index is 645. The fraction of sp³-hybridized carbons (Fsp3) is 0.294. The molecule has 1 aromatic heterocycles. The first-order chi connectivity index (χ1) is 11.0. The summed E-state index contributed by atoms with van der Waals surface area (Å²) in [5, 5.41) is 12.9. The van der Waals surface area contributed by atoms with Crippen LogP contribution in [0.5, 0.6) is 0 Å². The van der Waals surface area contributed by atoms with E-state index >= 15 is 0 Å². The van der Waals surface area contributed by atoms with Crippen molar-refractivity contribution in [3.8, 4) is 0 Å². The maximum Gasteiger partial charge on any atom is 0.224 e. The molecule has 23 heavy (non-hydrogen) atoms. The molecule has 0 aliphatic heterocycles. The molecule has 0 saturated carbocycles. The minimum atomic E-state index is -1.46. The van der Waals surface area contributed by atoms with E-state index in [0.29, 0.717) is 6.42 Å². The van der Waals surface area contributed by atoms with Crippen molar-refractivity contribution in [1.82, 2.24) is 10.3 Å². The fourth-order valence-electron chi connectivity index (χ4n) is 2.34. The van der Waals surface area contributed by atoms with Gasteiger partial charge in [-0.2, -0.15) is 0 Å². The lowest BCUT2D eigenvalue weighted by atomic mass is 9.98. The minimum absolute atomic E-state index is 0.103. The smallest absolute Gasteiger partial charge is 0.224 e. The van der Waals surface area contributed by atoms with Crippen LogP contribution in [0.1, 0.15) is 30.6 Å². The molecular formula is C17H18F2N2O2. The van der Waals surface area contributed by atoms with Gasteiger partial charge in [-0.15, -0.1) is 0 Å². The van der Waals surface area contributed by atoms with E-state index in [4.69, 9.17) is 0 Å². The zero-order chi connectivity index (χ0) is 16.8. The Kier molecular flexibility index (Phi) is 5.76. The van der Waals surface area contributed by atoms with Gasteiger partial charge in [-0.25, -0.2) is 8.78 Å². The SMILES string of the molecule is CC[C@H](NC(=O)Cc1ccncc1)[C@H](O)c1c(F)cccc1F. The van der Waals surface area contributed by atoms with Gasteiger partial charge in [0, 0.05) is 12.4 Å². The van der Waals surface area contributed by atoms with Gasteiger partial charge in [0.2, 0.25) is 5.91 Å². The predicted octanol–water partition coefficient (Wildman–Crippen LogP) is 2.53. The highest BCUT2D eigenvalue weighted by atomic mass is 19.1. The highest BCUT2D eigenvalue weighted by molar-refractivity contribution is 5.78. The molecule has 0 unspecified atom stereocenters. The zero-order valence-corrected chi connectivity index (χ0v) is 12.7. The molecule has 0 spiro atoms. The van der Waals surface area contributed by atoms with Gasteiger partial charge in [-0.1, -0.05) is 13.0 Å². The molecule has 122 valence electrons. The number of amides is 1. The van der Waals surface area contributed by atoms with Crippen molar-refractivity contribution >= 4 is 5.91 Å². The van der Waals surface area contributed by atoms with Crippen molar-refractivity contribution in [2.24, 2.45) is 0 Å². The molecule has 0 saturated heterocycles. The fourth-order valence-corrected chi connectivity index (χ4v) is 2.34. The lowest BCUT2D eigenvalue weighted by Crippen LogP contribution is -2.40. The second-order valence-corrected chi connectivity index (χ2v) is 5.19. The van der Waals surface area contributed by atoms with Crippen LogP contribution in [-0.2, 0) is 11.2 Å². The standard InChI is InChI=1S/C17H18F2N2O2/c1-2-14(17(23)16-12(18)4-3-5-13(16)19)21-15(22)10-11-6-8-20-9-7-11/h3-9,14,17,23H,2,10H2,1H3,(H,21,22)/t14-,17-/m0/s1. The molecule has 1 heterocycles. The number of aliphatic hydroxyl groups excluding tert-OH is 1. The number of carbonyl (C=O) groups is 1. The van der Waals surface area contributed by atoms with Gasteiger partial charge >= 0.3 is 0 Å². The van der Waals surface area contributed by atoms with E-state index in [1.165, 1.54) is 6.07 Å². The summed E-state index contributed by atoms with van der Waals surface area (Å²) < 4.78 is 27.5. The first kappa shape index (κ1) is 17.0. The highest BCUT2D eigenvalue weighted by Crippen LogP contribution is 2.24. The summed E-state index contributed by atoms with van der Waals surface area (Å²) in [5.74, 6) is -2.00. The molecule has 0 bridgehead atoms. The maximum absolute atomic E-state index is 13.8. The first-order valence-electron chi connectivity index (χ1n) is 7.33. The van der Waals surface area contributed by atoms with Crippen molar-refractivity contribution in [3.63, 3.8) is 0 Å². The number of benzene rings is 1. The van der Waals surface area contributed by atoms with Gasteiger partial charge < -0.3 is 10.4 Å². The van der Waals surface area contributed by atoms with Crippen LogP contribution in [0.15, 0.2) is 42.7 Å². The number of hydrogen-bond acceptors (Lipinski definition) is 3. The van der Waals surface area contributed by atoms with Crippen LogP contribution >= 0.6 is 0 Å². The van der Waals surface area contributed by atoms with Crippen LogP contribution in [0.4, 0.5) is 8.78 Å². The van der Waals surface area contributed by atoms with Crippen LogP contribution in [-0.4, -0.2) is 22.0 Å². The number of nitrogens with one attached hydrogen (secondary N) is 1. The van der Waals surface area contributed by atoms with E-state index in [9.17, 15) is 18.7 Å². The summed E-state index contributed by atoms with van der Waals surface area (Å²) in [6, 6.07) is 6.00. The lowest BCUT2D eigenvalue weighted by molar-refractivity contribution is -0.122. The predicted molar refractivity (Wildman–Crippen MR) is 81.5 cm³/mol. The normalized spacial score (nSPS) is 13.4. The molecule has 0 aliphatic rings. The average molecular weight is 320 g/mol. The number of aromatic nitrogens is 1. The topological polar surface area (TPSA) is 62.2 Å². The summed E-state index contributed by atoms with van der Waals surface area (Å²) >= 11 is 0. The van der Waals surface area contributed by atoms with E-state index in [1.54, 1.807) is 31.5 Å². The van der Waals surface area contributed by atoms with E-state index in [-0.39, 0.29) is 12.3 Å². The van der Waals surface area contributed by atoms with Crippen LogP contribution in [0.2, 0.25) is 0 Å². The molecule has 0 aliphatic carbocycles. The van der Waals surface area contributed by atoms with Crippen molar-refractivity contribution in [2.45, 2.75) is 31.9 Å². The van der Waals surface area contributed by atoms with Gasteiger partial charge in [-0.05, 0) is 36.2 Å². The van der Waals surface area contributed by atoms with Crippen LogP contribution < -0.4 is 5.32 Å². The molecule has 1 aromatic carbocycles. The Morgan fingerprint density at radius 1 is 1.22 bits per heavy atom. The molecule has 0 radical (unpaired) electrons. The second kappa shape index (κ2) is 7.78. The molecule has 2 aromatic rings. The average Bonchev–Trinajstić information content (AvgIpc) is 2.53. The van der Waals surface area contributed by atoms with Gasteiger partial charge in [0.05, 0.1) is 18.0 Å². The Morgan fingerprint density at radius 2 is 1.83 bits per heavy atom. The van der Waals surface area contributed by atoms with Crippen LogP contribution in [0.3, 0.4) is 0 Å². The molecular weight excluding hydrogens is 302 g/mol. The third-order valence-electron chi connectivity index (χ3n) is 3.58. The minimum Gasteiger partial charge on any atom is -0.386 e. The van der Waals surface area contributed by atoms with E-state index < -0.39 is 29.3 Å². The molecule has 2 atom stereocenters. The molecule has 0 fully saturated rings.